The number of likely N-dealkylation sites (N-methyl/N-ethyl adjacent to an activating group) is 1. The number of nitrogens with two attached hydrogens (primary N) is 1. The minimum Gasteiger partial charge on any atom is -0.399 e. The first kappa shape index (κ1) is 15.3. The number of methoxy groups -OCH3 is 1. The summed E-state index contributed by atoms with van der Waals surface area (Å²) in [6, 6.07) is 5.38. The average molecular weight is 265 g/mol. The van der Waals surface area contributed by atoms with Gasteiger partial charge in [0.2, 0.25) is 0 Å². The zero-order valence-corrected chi connectivity index (χ0v) is 12.1. The standard InChI is InChI=1S/C14H23N3O2/c1-5-17(8-9-19-4)13-10-11(15)6-7-12(13)14(18)16(2)3/h6-7,10H,5,8-9,15H2,1-4H3. The molecule has 19 heavy (non-hydrogen) atoms. The molecule has 0 radical (unpaired) electrons. The number of rotatable bonds is 6. The van der Waals surface area contributed by atoms with E-state index in [2.05, 4.69) is 4.90 Å². The van der Waals surface area contributed by atoms with Gasteiger partial charge in [-0.3, -0.25) is 4.79 Å². The van der Waals surface area contributed by atoms with Crippen LogP contribution < -0.4 is 10.6 Å². The first-order valence-corrected chi connectivity index (χ1v) is 6.36. The summed E-state index contributed by atoms with van der Waals surface area (Å²) in [5.41, 5.74) is 8.02. The maximum Gasteiger partial charge on any atom is 0.255 e. The highest BCUT2D eigenvalue weighted by Gasteiger charge is 2.17. The number of carbonyl (C=O) groups is 1. The van der Waals surface area contributed by atoms with Crippen molar-refractivity contribution in [2.75, 3.05) is 51.5 Å². The molecular formula is C14H23N3O2. The summed E-state index contributed by atoms with van der Waals surface area (Å²) in [7, 11) is 5.15. The Bertz CT molecular complexity index is 433. The molecule has 0 aromatic heterocycles. The van der Waals surface area contributed by atoms with Crippen LogP contribution in [-0.2, 0) is 4.74 Å². The Labute approximate surface area is 114 Å². The van der Waals surface area contributed by atoms with Gasteiger partial charge in [-0.15, -0.1) is 0 Å². The summed E-state index contributed by atoms with van der Waals surface area (Å²) in [5.74, 6) is -0.0223. The van der Waals surface area contributed by atoms with Gasteiger partial charge >= 0.3 is 0 Å². The molecule has 0 saturated heterocycles. The van der Waals surface area contributed by atoms with Gasteiger partial charge in [-0.2, -0.15) is 0 Å². The van der Waals surface area contributed by atoms with Crippen molar-refractivity contribution in [1.82, 2.24) is 4.90 Å². The van der Waals surface area contributed by atoms with Crippen molar-refractivity contribution in [3.8, 4) is 0 Å². The third-order valence-electron chi connectivity index (χ3n) is 2.95. The number of benzene rings is 1. The second kappa shape index (κ2) is 6.99. The number of anilines is 2. The Kier molecular flexibility index (Phi) is 5.63. The minimum absolute atomic E-state index is 0.0223. The van der Waals surface area contributed by atoms with Gasteiger partial charge in [0.25, 0.3) is 5.91 Å². The smallest absolute Gasteiger partial charge is 0.255 e. The van der Waals surface area contributed by atoms with Gasteiger partial charge in [0, 0.05) is 40.0 Å². The number of nitrogens with zero attached hydrogens (tertiary/aromatic N) is 2. The highest BCUT2D eigenvalue weighted by molar-refractivity contribution is 6.00. The van der Waals surface area contributed by atoms with E-state index in [-0.39, 0.29) is 5.91 Å². The van der Waals surface area contributed by atoms with Crippen LogP contribution in [0, 0.1) is 0 Å². The lowest BCUT2D eigenvalue weighted by molar-refractivity contribution is 0.0828. The van der Waals surface area contributed by atoms with Crippen LogP contribution in [0.1, 0.15) is 17.3 Å². The van der Waals surface area contributed by atoms with Gasteiger partial charge in [-0.1, -0.05) is 0 Å². The molecule has 1 rings (SSSR count). The molecule has 5 heteroatoms. The molecule has 0 heterocycles. The number of carbonyl (C=O) groups excluding carboxylic acids is 1. The quantitative estimate of drug-likeness (QED) is 0.791. The van der Waals surface area contributed by atoms with Crippen LogP contribution in [0.2, 0.25) is 0 Å². The predicted molar refractivity (Wildman–Crippen MR) is 78.6 cm³/mol. The Morgan fingerprint density at radius 1 is 1.37 bits per heavy atom. The maximum atomic E-state index is 12.2. The fraction of sp³-hybridized carbons (Fsp3) is 0.500. The van der Waals surface area contributed by atoms with Gasteiger partial charge in [0.15, 0.2) is 0 Å². The van der Waals surface area contributed by atoms with E-state index in [4.69, 9.17) is 10.5 Å². The van der Waals surface area contributed by atoms with Crippen molar-refractivity contribution in [2.24, 2.45) is 0 Å². The summed E-state index contributed by atoms with van der Waals surface area (Å²) < 4.78 is 5.11. The second-order valence-electron chi connectivity index (χ2n) is 4.55. The SMILES string of the molecule is CCN(CCOC)c1cc(N)ccc1C(=O)N(C)C. The molecule has 0 unspecified atom stereocenters. The van der Waals surface area contributed by atoms with E-state index in [0.717, 1.165) is 18.8 Å². The van der Waals surface area contributed by atoms with Crippen LogP contribution in [0.5, 0.6) is 0 Å². The molecule has 1 aromatic carbocycles. The molecule has 0 spiro atoms. The maximum absolute atomic E-state index is 12.2. The van der Waals surface area contributed by atoms with Crippen LogP contribution in [0.15, 0.2) is 18.2 Å². The van der Waals surface area contributed by atoms with Crippen LogP contribution >= 0.6 is 0 Å². The Balaban J connectivity index is 3.14. The summed E-state index contributed by atoms with van der Waals surface area (Å²) in [4.78, 5) is 15.9. The predicted octanol–water partition coefficient (Wildman–Crippen LogP) is 1.44. The second-order valence-corrected chi connectivity index (χ2v) is 4.55. The van der Waals surface area contributed by atoms with E-state index < -0.39 is 0 Å². The van der Waals surface area contributed by atoms with E-state index in [9.17, 15) is 4.79 Å². The van der Waals surface area contributed by atoms with Crippen LogP contribution in [0.4, 0.5) is 11.4 Å². The molecule has 1 amide bonds. The van der Waals surface area contributed by atoms with Crippen LogP contribution in [-0.4, -0.2) is 51.7 Å². The van der Waals surface area contributed by atoms with Crippen molar-refractivity contribution in [3.63, 3.8) is 0 Å². The van der Waals surface area contributed by atoms with Gasteiger partial charge in [-0.05, 0) is 25.1 Å². The summed E-state index contributed by atoms with van der Waals surface area (Å²) >= 11 is 0. The summed E-state index contributed by atoms with van der Waals surface area (Å²) in [6.07, 6.45) is 0. The first-order valence-electron chi connectivity index (χ1n) is 6.36. The van der Waals surface area contributed by atoms with Crippen LogP contribution in [0.3, 0.4) is 0 Å². The lowest BCUT2D eigenvalue weighted by atomic mass is 10.1. The Morgan fingerprint density at radius 2 is 2.05 bits per heavy atom. The summed E-state index contributed by atoms with van der Waals surface area (Å²) in [6.45, 7) is 4.17. The van der Waals surface area contributed by atoms with Crippen molar-refractivity contribution in [1.29, 1.82) is 0 Å². The molecule has 0 saturated carbocycles. The van der Waals surface area contributed by atoms with Crippen molar-refractivity contribution in [3.05, 3.63) is 23.8 Å². The van der Waals surface area contributed by atoms with E-state index in [1.807, 2.05) is 13.0 Å². The molecule has 0 bridgehead atoms. The summed E-state index contributed by atoms with van der Waals surface area (Å²) in [5, 5.41) is 0. The number of hydrogen-bond donors (Lipinski definition) is 1. The van der Waals surface area contributed by atoms with E-state index >= 15 is 0 Å². The molecule has 106 valence electrons. The number of amides is 1. The normalized spacial score (nSPS) is 10.3. The number of hydrogen-bond acceptors (Lipinski definition) is 4. The van der Waals surface area contributed by atoms with Crippen LogP contribution in [0.25, 0.3) is 0 Å². The first-order chi connectivity index (χ1) is 9.01. The van der Waals surface area contributed by atoms with Gasteiger partial charge in [0.05, 0.1) is 17.9 Å². The number of ether oxygens (including phenoxy) is 1. The zero-order valence-electron chi connectivity index (χ0n) is 12.1. The molecule has 1 aromatic rings. The lowest BCUT2D eigenvalue weighted by Gasteiger charge is -2.26. The van der Waals surface area contributed by atoms with E-state index in [1.54, 1.807) is 38.2 Å². The molecule has 0 atom stereocenters. The molecule has 5 nitrogen and oxygen atoms in total. The Hall–Kier alpha value is -1.75. The highest BCUT2D eigenvalue weighted by Crippen LogP contribution is 2.24. The number of nitrogen functional groups attached to an aromatic ring is 1. The molecule has 0 aliphatic rings. The third kappa shape index (κ3) is 3.86. The molecule has 0 fully saturated rings. The van der Waals surface area contributed by atoms with Crippen molar-refractivity contribution >= 4 is 17.3 Å². The van der Waals surface area contributed by atoms with Gasteiger partial charge < -0.3 is 20.3 Å². The van der Waals surface area contributed by atoms with E-state index in [1.165, 1.54) is 0 Å². The average Bonchev–Trinajstić information content (AvgIpc) is 2.39. The minimum atomic E-state index is -0.0223. The topological polar surface area (TPSA) is 58.8 Å². The largest absolute Gasteiger partial charge is 0.399 e. The third-order valence-corrected chi connectivity index (χ3v) is 2.95. The fourth-order valence-electron chi connectivity index (χ4n) is 1.88. The molecular weight excluding hydrogens is 242 g/mol. The fourth-order valence-corrected chi connectivity index (χ4v) is 1.88. The monoisotopic (exact) mass is 265 g/mol. The molecule has 2 N–H and O–H groups in total. The van der Waals surface area contributed by atoms with E-state index in [0.29, 0.717) is 17.9 Å². The molecule has 0 aliphatic carbocycles. The van der Waals surface area contributed by atoms with Crippen molar-refractivity contribution in [2.45, 2.75) is 6.92 Å². The molecule has 0 aliphatic heterocycles. The van der Waals surface area contributed by atoms with Gasteiger partial charge in [-0.25, -0.2) is 0 Å². The highest BCUT2D eigenvalue weighted by atomic mass is 16.5. The van der Waals surface area contributed by atoms with Gasteiger partial charge in [0.1, 0.15) is 0 Å². The zero-order chi connectivity index (χ0) is 14.4. The van der Waals surface area contributed by atoms with Crippen molar-refractivity contribution < 1.29 is 9.53 Å². The lowest BCUT2D eigenvalue weighted by Crippen LogP contribution is -2.30. The Morgan fingerprint density at radius 3 is 2.58 bits per heavy atom.